The van der Waals surface area contributed by atoms with Crippen molar-refractivity contribution < 1.29 is 47.3 Å². The molecule has 8 nitrogen and oxygen atoms in total. The molecule has 0 spiro atoms. The van der Waals surface area contributed by atoms with E-state index in [1.54, 1.807) is 20.8 Å². The third-order valence-electron chi connectivity index (χ3n) is 6.15. The highest BCUT2D eigenvalue weighted by molar-refractivity contribution is 5.87. The molecule has 1 aliphatic heterocycles. The Morgan fingerprint density at radius 2 is 1.77 bits per heavy atom. The standard InChI is InChI=1S/C20H26F2O8/c1-7(2)14(20(21,22)17(25)26)30-16(24)11-9-6-8-10(11)15(23)28-12(8)13(9)29-18(27)19(3,4)5/h7-14H,6H2,1-5H3,(H,25,26)/p-1. The van der Waals surface area contributed by atoms with E-state index in [0.717, 1.165) is 0 Å². The molecule has 2 bridgehead atoms. The Kier molecular flexibility index (Phi) is 5.35. The van der Waals surface area contributed by atoms with E-state index < -0.39 is 83.1 Å². The summed E-state index contributed by atoms with van der Waals surface area (Å²) in [7, 11) is 0. The second kappa shape index (κ2) is 7.16. The molecule has 0 radical (unpaired) electrons. The first-order valence-corrected chi connectivity index (χ1v) is 9.89. The summed E-state index contributed by atoms with van der Waals surface area (Å²) < 4.78 is 43.9. The van der Waals surface area contributed by atoms with Gasteiger partial charge in [-0.3, -0.25) is 14.4 Å². The lowest BCUT2D eigenvalue weighted by atomic mass is 9.78. The first-order chi connectivity index (χ1) is 13.7. The molecular weight excluding hydrogens is 406 g/mol. The van der Waals surface area contributed by atoms with Crippen LogP contribution in [0.5, 0.6) is 0 Å². The van der Waals surface area contributed by atoms with Crippen LogP contribution in [0.25, 0.3) is 0 Å². The molecule has 7 atom stereocenters. The first-order valence-electron chi connectivity index (χ1n) is 9.89. The molecule has 1 saturated heterocycles. The number of carbonyl (C=O) groups is 4. The number of carboxylic acid groups (broad SMARTS) is 1. The van der Waals surface area contributed by atoms with E-state index in [2.05, 4.69) is 0 Å². The van der Waals surface area contributed by atoms with Gasteiger partial charge in [0.05, 0.1) is 17.3 Å². The van der Waals surface area contributed by atoms with E-state index in [-0.39, 0.29) is 0 Å². The number of fused-ring (bicyclic) bond motifs is 1. The van der Waals surface area contributed by atoms with Gasteiger partial charge < -0.3 is 24.1 Å². The van der Waals surface area contributed by atoms with Crippen LogP contribution in [0, 0.1) is 35.0 Å². The minimum atomic E-state index is -4.40. The molecule has 0 aromatic carbocycles. The van der Waals surface area contributed by atoms with E-state index >= 15 is 0 Å². The van der Waals surface area contributed by atoms with Gasteiger partial charge in [-0.2, -0.15) is 8.78 Å². The maximum atomic E-state index is 14.0. The van der Waals surface area contributed by atoms with Crippen LogP contribution >= 0.6 is 0 Å². The number of carbonyl (C=O) groups excluding carboxylic acids is 4. The zero-order valence-corrected chi connectivity index (χ0v) is 17.3. The lowest BCUT2D eigenvalue weighted by molar-refractivity contribution is -0.337. The number of ether oxygens (including phenoxy) is 3. The SMILES string of the molecule is CC(C)C(OC(=O)C1C2CC3C(OC(=O)C31)C2OC(=O)C(C)(C)C)C(F)(F)C(=O)[O-]. The summed E-state index contributed by atoms with van der Waals surface area (Å²) in [5.74, 6) is -13.5. The number of halogens is 2. The van der Waals surface area contributed by atoms with E-state index in [1.807, 2.05) is 0 Å². The van der Waals surface area contributed by atoms with Gasteiger partial charge >= 0.3 is 23.8 Å². The smallest absolute Gasteiger partial charge is 0.323 e. The molecular formula is C20H25F2O8-. The molecule has 0 aromatic heterocycles. The Morgan fingerprint density at radius 3 is 2.27 bits per heavy atom. The quantitative estimate of drug-likeness (QED) is 0.446. The Morgan fingerprint density at radius 1 is 1.17 bits per heavy atom. The van der Waals surface area contributed by atoms with E-state index in [1.165, 1.54) is 13.8 Å². The summed E-state index contributed by atoms with van der Waals surface area (Å²) in [6.07, 6.45) is -3.50. The molecule has 3 fully saturated rings. The molecule has 3 rings (SSSR count). The predicted molar refractivity (Wildman–Crippen MR) is 92.5 cm³/mol. The molecule has 168 valence electrons. The van der Waals surface area contributed by atoms with Crippen molar-refractivity contribution in [1.29, 1.82) is 0 Å². The van der Waals surface area contributed by atoms with Crippen molar-refractivity contribution in [3.05, 3.63) is 0 Å². The molecule has 2 saturated carbocycles. The van der Waals surface area contributed by atoms with Crippen LogP contribution < -0.4 is 5.11 Å². The molecule has 0 aromatic rings. The van der Waals surface area contributed by atoms with Gasteiger partial charge in [0, 0.05) is 11.8 Å². The molecule has 1 heterocycles. The Hall–Kier alpha value is -2.26. The molecule has 7 unspecified atom stereocenters. The minimum absolute atomic E-state index is 0.339. The normalized spacial score (nSPS) is 33.4. The van der Waals surface area contributed by atoms with Crippen molar-refractivity contribution in [2.75, 3.05) is 0 Å². The number of rotatable bonds is 6. The predicted octanol–water partition coefficient (Wildman–Crippen LogP) is 0.705. The molecule has 2 aliphatic carbocycles. The van der Waals surface area contributed by atoms with Gasteiger partial charge in [-0.15, -0.1) is 0 Å². The van der Waals surface area contributed by atoms with Crippen molar-refractivity contribution in [3.63, 3.8) is 0 Å². The molecule has 0 N–H and O–H groups in total. The number of carboxylic acids is 1. The first kappa shape index (κ1) is 22.4. The maximum Gasteiger partial charge on any atom is 0.323 e. The fraction of sp³-hybridized carbons (Fsp3) is 0.800. The Bertz CT molecular complexity index is 771. The van der Waals surface area contributed by atoms with Crippen LogP contribution in [0.15, 0.2) is 0 Å². The molecule has 10 heteroatoms. The van der Waals surface area contributed by atoms with Gasteiger partial charge in [0.15, 0.2) is 6.10 Å². The summed E-state index contributed by atoms with van der Waals surface area (Å²) in [6.45, 7) is 7.50. The highest BCUT2D eigenvalue weighted by Crippen LogP contribution is 2.59. The highest BCUT2D eigenvalue weighted by atomic mass is 19.3. The third-order valence-corrected chi connectivity index (χ3v) is 6.15. The van der Waals surface area contributed by atoms with Crippen LogP contribution in [-0.2, 0) is 33.4 Å². The minimum Gasteiger partial charge on any atom is -0.544 e. The third kappa shape index (κ3) is 3.43. The number of alkyl halides is 2. The Balaban J connectivity index is 1.85. The number of hydrogen-bond acceptors (Lipinski definition) is 8. The van der Waals surface area contributed by atoms with Crippen LogP contribution in [-0.4, -0.2) is 48.1 Å². The topological polar surface area (TPSA) is 119 Å². The average Bonchev–Trinajstić information content (AvgIpc) is 3.21. The lowest BCUT2D eigenvalue weighted by Crippen LogP contribution is -2.54. The van der Waals surface area contributed by atoms with Crippen LogP contribution in [0.4, 0.5) is 8.78 Å². The van der Waals surface area contributed by atoms with Gasteiger partial charge in [-0.05, 0) is 33.1 Å². The fourth-order valence-corrected chi connectivity index (χ4v) is 4.72. The summed E-state index contributed by atoms with van der Waals surface area (Å²) >= 11 is 0. The van der Waals surface area contributed by atoms with Crippen molar-refractivity contribution in [3.8, 4) is 0 Å². The van der Waals surface area contributed by atoms with Crippen molar-refractivity contribution in [2.24, 2.45) is 35.0 Å². The summed E-state index contributed by atoms with van der Waals surface area (Å²) in [4.78, 5) is 48.4. The van der Waals surface area contributed by atoms with Gasteiger partial charge in [-0.1, -0.05) is 13.8 Å². The number of esters is 3. The van der Waals surface area contributed by atoms with Crippen LogP contribution in [0.2, 0.25) is 0 Å². The Labute approximate surface area is 172 Å². The number of hydrogen-bond donors (Lipinski definition) is 0. The average molecular weight is 431 g/mol. The van der Waals surface area contributed by atoms with Gasteiger partial charge in [0.25, 0.3) is 0 Å². The summed E-state index contributed by atoms with van der Waals surface area (Å²) in [6, 6.07) is 0. The number of aliphatic carboxylic acids is 1. The molecule has 0 amide bonds. The monoisotopic (exact) mass is 431 g/mol. The van der Waals surface area contributed by atoms with E-state index in [4.69, 9.17) is 14.2 Å². The van der Waals surface area contributed by atoms with Crippen molar-refractivity contribution in [2.45, 2.75) is 65.3 Å². The van der Waals surface area contributed by atoms with Crippen molar-refractivity contribution in [1.82, 2.24) is 0 Å². The second-order valence-electron chi connectivity index (χ2n) is 9.65. The van der Waals surface area contributed by atoms with Crippen LogP contribution in [0.1, 0.15) is 41.0 Å². The van der Waals surface area contributed by atoms with Crippen LogP contribution in [0.3, 0.4) is 0 Å². The molecule has 30 heavy (non-hydrogen) atoms. The fourth-order valence-electron chi connectivity index (χ4n) is 4.72. The second-order valence-corrected chi connectivity index (χ2v) is 9.65. The van der Waals surface area contributed by atoms with E-state index in [0.29, 0.717) is 6.42 Å². The van der Waals surface area contributed by atoms with Gasteiger partial charge in [0.2, 0.25) is 0 Å². The summed E-state index contributed by atoms with van der Waals surface area (Å²) in [5.41, 5.74) is -0.834. The zero-order valence-electron chi connectivity index (χ0n) is 17.3. The van der Waals surface area contributed by atoms with Crippen molar-refractivity contribution >= 4 is 23.9 Å². The van der Waals surface area contributed by atoms with Gasteiger partial charge in [0.1, 0.15) is 18.2 Å². The lowest BCUT2D eigenvalue weighted by Gasteiger charge is -2.35. The largest absolute Gasteiger partial charge is 0.544 e. The van der Waals surface area contributed by atoms with E-state index in [9.17, 15) is 33.1 Å². The highest BCUT2D eigenvalue weighted by Gasteiger charge is 2.70. The van der Waals surface area contributed by atoms with Gasteiger partial charge in [-0.25, -0.2) is 0 Å². The summed E-state index contributed by atoms with van der Waals surface area (Å²) in [5, 5.41) is 10.9. The maximum absolute atomic E-state index is 14.0. The molecule has 3 aliphatic rings. The zero-order chi connectivity index (χ0) is 22.8.